The second-order valence-corrected chi connectivity index (χ2v) is 6.79. The van der Waals surface area contributed by atoms with Crippen molar-refractivity contribution in [3.05, 3.63) is 22.4 Å². The van der Waals surface area contributed by atoms with Crippen molar-refractivity contribution in [1.29, 1.82) is 0 Å². The Morgan fingerprint density at radius 2 is 2.23 bits per heavy atom. The van der Waals surface area contributed by atoms with Gasteiger partial charge in [0.1, 0.15) is 0 Å². The molecule has 1 aliphatic heterocycles. The number of hydrogen-bond acceptors (Lipinski definition) is 4. The third kappa shape index (κ3) is 5.77. The van der Waals surface area contributed by atoms with E-state index in [9.17, 15) is 9.59 Å². The molecule has 2 heterocycles. The first-order valence-corrected chi connectivity index (χ1v) is 8.83. The monoisotopic (exact) mass is 323 g/mol. The van der Waals surface area contributed by atoms with Crippen LogP contribution in [0.25, 0.3) is 0 Å². The molecule has 6 heteroatoms. The van der Waals surface area contributed by atoms with E-state index >= 15 is 0 Å². The highest BCUT2D eigenvalue weighted by Crippen LogP contribution is 2.19. The van der Waals surface area contributed by atoms with Crippen LogP contribution in [-0.4, -0.2) is 42.9 Å². The average molecular weight is 323 g/mol. The number of likely N-dealkylation sites (tertiary alicyclic amines) is 1. The Morgan fingerprint density at radius 3 is 2.95 bits per heavy atom. The van der Waals surface area contributed by atoms with Crippen LogP contribution in [0.1, 0.15) is 31.1 Å². The standard InChI is InChI=1S/C16H25N3O2S/c1-2-15(20)18-10-16(21)17-9-13-5-3-7-19(11-13)12-14-6-4-8-22-14/h4,6,8,13H,2-3,5,7,9-12H2,1H3,(H,17,21)(H,18,20)/t13-/m1/s1. The van der Waals surface area contributed by atoms with Crippen LogP contribution in [0, 0.1) is 5.92 Å². The molecule has 0 aliphatic carbocycles. The van der Waals surface area contributed by atoms with E-state index in [1.807, 2.05) is 0 Å². The normalized spacial score (nSPS) is 18.9. The van der Waals surface area contributed by atoms with Crippen molar-refractivity contribution < 1.29 is 9.59 Å². The summed E-state index contributed by atoms with van der Waals surface area (Å²) in [5.41, 5.74) is 0. The largest absolute Gasteiger partial charge is 0.354 e. The van der Waals surface area contributed by atoms with E-state index in [1.54, 1.807) is 18.3 Å². The van der Waals surface area contributed by atoms with Crippen molar-refractivity contribution in [2.24, 2.45) is 5.92 Å². The zero-order valence-corrected chi connectivity index (χ0v) is 14.0. The minimum atomic E-state index is -0.0998. The summed E-state index contributed by atoms with van der Waals surface area (Å²) in [6.45, 7) is 5.72. The fourth-order valence-electron chi connectivity index (χ4n) is 2.71. The van der Waals surface area contributed by atoms with Crippen molar-refractivity contribution in [2.75, 3.05) is 26.2 Å². The third-order valence-electron chi connectivity index (χ3n) is 3.92. The summed E-state index contributed by atoms with van der Waals surface area (Å²) in [6.07, 6.45) is 2.74. The van der Waals surface area contributed by atoms with Gasteiger partial charge < -0.3 is 10.6 Å². The second-order valence-electron chi connectivity index (χ2n) is 5.76. The van der Waals surface area contributed by atoms with Crippen molar-refractivity contribution >= 4 is 23.2 Å². The van der Waals surface area contributed by atoms with Gasteiger partial charge in [-0.3, -0.25) is 14.5 Å². The molecule has 1 fully saturated rings. The van der Waals surface area contributed by atoms with E-state index in [1.165, 1.54) is 11.3 Å². The molecule has 0 bridgehead atoms. The summed E-state index contributed by atoms with van der Waals surface area (Å²) in [5.74, 6) is 0.312. The summed E-state index contributed by atoms with van der Waals surface area (Å²) < 4.78 is 0. The minimum Gasteiger partial charge on any atom is -0.354 e. The lowest BCUT2D eigenvalue weighted by molar-refractivity contribution is -0.126. The van der Waals surface area contributed by atoms with Gasteiger partial charge in [-0.2, -0.15) is 0 Å². The van der Waals surface area contributed by atoms with Crippen LogP contribution >= 0.6 is 11.3 Å². The molecule has 122 valence electrons. The molecule has 22 heavy (non-hydrogen) atoms. The number of carbonyl (C=O) groups excluding carboxylic acids is 2. The van der Waals surface area contributed by atoms with E-state index in [0.717, 1.165) is 26.1 Å². The van der Waals surface area contributed by atoms with Crippen molar-refractivity contribution in [3.8, 4) is 0 Å². The lowest BCUT2D eigenvalue weighted by Gasteiger charge is -2.32. The minimum absolute atomic E-state index is 0.0816. The summed E-state index contributed by atoms with van der Waals surface area (Å²) in [7, 11) is 0. The van der Waals surface area contributed by atoms with Gasteiger partial charge in [-0.25, -0.2) is 0 Å². The number of rotatable bonds is 7. The van der Waals surface area contributed by atoms with Gasteiger partial charge in [-0.15, -0.1) is 11.3 Å². The van der Waals surface area contributed by atoms with Crippen LogP contribution in [0.2, 0.25) is 0 Å². The Hall–Kier alpha value is -1.40. The lowest BCUT2D eigenvalue weighted by atomic mass is 9.98. The summed E-state index contributed by atoms with van der Waals surface area (Å²) in [5, 5.41) is 7.64. The van der Waals surface area contributed by atoms with Crippen LogP contribution in [0.3, 0.4) is 0 Å². The first-order chi connectivity index (χ1) is 10.7. The molecule has 0 unspecified atom stereocenters. The average Bonchev–Trinajstić information content (AvgIpc) is 3.04. The van der Waals surface area contributed by atoms with Gasteiger partial charge in [0.25, 0.3) is 0 Å². The van der Waals surface area contributed by atoms with Gasteiger partial charge in [-0.05, 0) is 36.8 Å². The second kappa shape index (κ2) is 8.90. The fourth-order valence-corrected chi connectivity index (χ4v) is 3.46. The molecular weight excluding hydrogens is 298 g/mol. The van der Waals surface area contributed by atoms with E-state index in [4.69, 9.17) is 0 Å². The van der Waals surface area contributed by atoms with Gasteiger partial charge in [0.2, 0.25) is 11.8 Å². The van der Waals surface area contributed by atoms with Crippen LogP contribution in [-0.2, 0) is 16.1 Å². The molecule has 0 radical (unpaired) electrons. The van der Waals surface area contributed by atoms with Crippen LogP contribution < -0.4 is 10.6 Å². The number of thiophene rings is 1. The molecule has 5 nitrogen and oxygen atoms in total. The van der Waals surface area contributed by atoms with Gasteiger partial charge in [-0.1, -0.05) is 13.0 Å². The molecule has 2 rings (SSSR count). The molecule has 2 amide bonds. The molecule has 0 spiro atoms. The maximum Gasteiger partial charge on any atom is 0.239 e. The molecule has 1 aromatic rings. The van der Waals surface area contributed by atoms with Gasteiger partial charge in [0.05, 0.1) is 6.54 Å². The Bertz CT molecular complexity index is 476. The topological polar surface area (TPSA) is 61.4 Å². The van der Waals surface area contributed by atoms with Crippen LogP contribution in [0.15, 0.2) is 17.5 Å². The molecule has 0 aromatic carbocycles. The predicted octanol–water partition coefficient (Wildman–Crippen LogP) is 1.60. The number of nitrogens with zero attached hydrogens (tertiary/aromatic N) is 1. The van der Waals surface area contributed by atoms with Gasteiger partial charge >= 0.3 is 0 Å². The molecular formula is C16H25N3O2S. The summed E-state index contributed by atoms with van der Waals surface area (Å²) >= 11 is 1.80. The zero-order chi connectivity index (χ0) is 15.8. The Morgan fingerprint density at radius 1 is 1.36 bits per heavy atom. The highest BCUT2D eigenvalue weighted by atomic mass is 32.1. The zero-order valence-electron chi connectivity index (χ0n) is 13.1. The van der Waals surface area contributed by atoms with Crippen LogP contribution in [0.5, 0.6) is 0 Å². The number of carbonyl (C=O) groups is 2. The predicted molar refractivity (Wildman–Crippen MR) is 88.6 cm³/mol. The highest BCUT2D eigenvalue weighted by Gasteiger charge is 2.20. The number of piperidine rings is 1. The first-order valence-electron chi connectivity index (χ1n) is 7.95. The lowest BCUT2D eigenvalue weighted by Crippen LogP contribution is -2.43. The number of hydrogen-bond donors (Lipinski definition) is 2. The number of nitrogens with one attached hydrogen (secondary N) is 2. The van der Waals surface area contributed by atoms with Crippen molar-refractivity contribution in [3.63, 3.8) is 0 Å². The number of amides is 2. The van der Waals surface area contributed by atoms with E-state index in [2.05, 4.69) is 33.0 Å². The molecule has 2 N–H and O–H groups in total. The summed E-state index contributed by atoms with van der Waals surface area (Å²) in [4.78, 5) is 26.7. The Labute approximate surface area is 136 Å². The maximum absolute atomic E-state index is 11.7. The van der Waals surface area contributed by atoms with Crippen molar-refractivity contribution in [2.45, 2.75) is 32.7 Å². The van der Waals surface area contributed by atoms with Crippen molar-refractivity contribution in [1.82, 2.24) is 15.5 Å². The quantitative estimate of drug-likeness (QED) is 0.801. The maximum atomic E-state index is 11.7. The highest BCUT2D eigenvalue weighted by molar-refractivity contribution is 7.09. The fraction of sp³-hybridized carbons (Fsp3) is 0.625. The van der Waals surface area contributed by atoms with Crippen LogP contribution in [0.4, 0.5) is 0 Å². The SMILES string of the molecule is CCC(=O)NCC(=O)NC[C@H]1CCCN(Cc2cccs2)C1. The Kier molecular flexibility index (Phi) is 6.86. The molecule has 1 saturated heterocycles. The molecule has 1 aromatic heterocycles. The van der Waals surface area contributed by atoms with E-state index < -0.39 is 0 Å². The Balaban J connectivity index is 1.67. The molecule has 0 saturated carbocycles. The third-order valence-corrected chi connectivity index (χ3v) is 4.78. The molecule has 1 atom stereocenters. The van der Waals surface area contributed by atoms with E-state index in [0.29, 0.717) is 18.9 Å². The van der Waals surface area contributed by atoms with E-state index in [-0.39, 0.29) is 18.4 Å². The van der Waals surface area contributed by atoms with Gasteiger partial charge in [0, 0.05) is 30.9 Å². The first kappa shape index (κ1) is 17.0. The van der Waals surface area contributed by atoms with Gasteiger partial charge in [0.15, 0.2) is 0 Å². The summed E-state index contributed by atoms with van der Waals surface area (Å²) in [6, 6.07) is 4.26. The smallest absolute Gasteiger partial charge is 0.239 e. The molecule has 1 aliphatic rings.